The fourth-order valence-electron chi connectivity index (χ4n) is 2.47. The molecule has 0 bridgehead atoms. The van der Waals surface area contributed by atoms with Gasteiger partial charge in [0.05, 0.1) is 12.1 Å². The van der Waals surface area contributed by atoms with Crippen molar-refractivity contribution in [3.8, 4) is 0 Å². The lowest BCUT2D eigenvalue weighted by molar-refractivity contribution is 0.0697. The van der Waals surface area contributed by atoms with E-state index in [2.05, 4.69) is 10.00 Å². The molecule has 2 aromatic rings. The van der Waals surface area contributed by atoms with Crippen LogP contribution in [0.3, 0.4) is 0 Å². The van der Waals surface area contributed by atoms with Crippen LogP contribution in [0.25, 0.3) is 0 Å². The molecule has 1 aromatic heterocycles. The van der Waals surface area contributed by atoms with E-state index in [1.54, 1.807) is 18.3 Å². The highest BCUT2D eigenvalue weighted by Gasteiger charge is 2.20. The molecule has 0 saturated carbocycles. The molecule has 5 nitrogen and oxygen atoms in total. The minimum atomic E-state index is -0.873. The molecule has 0 atom stereocenters. The molecule has 19 heavy (non-hydrogen) atoms. The van der Waals surface area contributed by atoms with E-state index in [9.17, 15) is 4.79 Å². The van der Waals surface area contributed by atoms with Gasteiger partial charge in [-0.05, 0) is 30.2 Å². The van der Waals surface area contributed by atoms with Gasteiger partial charge in [0.1, 0.15) is 0 Å². The normalized spacial score (nSPS) is 13.6. The van der Waals surface area contributed by atoms with Gasteiger partial charge in [0, 0.05) is 31.2 Å². The summed E-state index contributed by atoms with van der Waals surface area (Å²) >= 11 is 0. The molecule has 3 rings (SSSR count). The van der Waals surface area contributed by atoms with Crippen LogP contribution in [0.4, 0.5) is 5.69 Å². The molecule has 1 aliphatic rings. The van der Waals surface area contributed by atoms with E-state index in [0.717, 1.165) is 31.7 Å². The summed E-state index contributed by atoms with van der Waals surface area (Å²) in [6, 6.07) is 7.28. The lowest BCUT2D eigenvalue weighted by Crippen LogP contribution is -2.25. The van der Waals surface area contributed by atoms with Gasteiger partial charge in [-0.15, -0.1) is 0 Å². The number of carbonyl (C=O) groups is 1. The van der Waals surface area contributed by atoms with Crippen molar-refractivity contribution in [3.05, 3.63) is 47.8 Å². The van der Waals surface area contributed by atoms with Crippen LogP contribution in [0, 0.1) is 0 Å². The molecular weight excluding hydrogens is 242 g/mol. The van der Waals surface area contributed by atoms with Crippen LogP contribution < -0.4 is 4.90 Å². The molecule has 2 heterocycles. The third-order valence-corrected chi connectivity index (χ3v) is 3.48. The number of nitrogens with zero attached hydrogens (tertiary/aromatic N) is 3. The lowest BCUT2D eigenvalue weighted by atomic mass is 10.1. The van der Waals surface area contributed by atoms with Gasteiger partial charge in [0.2, 0.25) is 0 Å². The summed E-state index contributed by atoms with van der Waals surface area (Å²) in [5, 5.41) is 13.2. The number of aromatic carboxylic acids is 1. The van der Waals surface area contributed by atoms with Crippen molar-refractivity contribution >= 4 is 11.7 Å². The summed E-state index contributed by atoms with van der Waals surface area (Å²) in [5.74, 6) is -0.873. The third kappa shape index (κ3) is 2.31. The lowest BCUT2D eigenvalue weighted by Gasteiger charge is -2.19. The number of benzene rings is 1. The van der Waals surface area contributed by atoms with Gasteiger partial charge in [-0.25, -0.2) is 4.79 Å². The van der Waals surface area contributed by atoms with Gasteiger partial charge >= 0.3 is 5.97 Å². The van der Waals surface area contributed by atoms with Crippen molar-refractivity contribution in [1.82, 2.24) is 9.78 Å². The molecule has 0 radical (unpaired) electrons. The molecule has 0 unspecified atom stereocenters. The first-order valence-corrected chi connectivity index (χ1v) is 6.32. The Labute approximate surface area is 111 Å². The SMILES string of the molecule is O=C(O)c1ccc2c(c1)N(CCn1cccn1)CC2. The molecule has 1 aliphatic heterocycles. The minimum absolute atomic E-state index is 0.352. The van der Waals surface area contributed by atoms with Crippen molar-refractivity contribution in [2.24, 2.45) is 0 Å². The second kappa shape index (κ2) is 4.76. The third-order valence-electron chi connectivity index (χ3n) is 3.48. The zero-order valence-electron chi connectivity index (χ0n) is 10.5. The molecule has 1 N–H and O–H groups in total. The van der Waals surface area contributed by atoms with Crippen LogP contribution in [0.15, 0.2) is 36.7 Å². The Hall–Kier alpha value is -2.30. The molecular formula is C14H15N3O2. The van der Waals surface area contributed by atoms with E-state index in [1.165, 1.54) is 5.56 Å². The van der Waals surface area contributed by atoms with E-state index >= 15 is 0 Å². The predicted molar refractivity (Wildman–Crippen MR) is 71.5 cm³/mol. The van der Waals surface area contributed by atoms with Crippen LogP contribution >= 0.6 is 0 Å². The number of anilines is 1. The Bertz CT molecular complexity index is 593. The standard InChI is InChI=1S/C14H15N3O2/c18-14(19)12-3-2-11-4-7-16(13(11)10-12)8-9-17-6-1-5-15-17/h1-3,5-6,10H,4,7-9H2,(H,18,19). The topological polar surface area (TPSA) is 58.4 Å². The first-order valence-electron chi connectivity index (χ1n) is 6.32. The van der Waals surface area contributed by atoms with Gasteiger partial charge in [0.25, 0.3) is 0 Å². The maximum absolute atomic E-state index is 11.0. The van der Waals surface area contributed by atoms with Crippen molar-refractivity contribution in [2.45, 2.75) is 13.0 Å². The predicted octanol–water partition coefficient (Wildman–Crippen LogP) is 1.64. The summed E-state index contributed by atoms with van der Waals surface area (Å²) in [6.45, 7) is 2.60. The zero-order chi connectivity index (χ0) is 13.2. The Morgan fingerprint density at radius 1 is 1.37 bits per heavy atom. The van der Waals surface area contributed by atoms with Gasteiger partial charge < -0.3 is 10.0 Å². The second-order valence-electron chi connectivity index (χ2n) is 4.65. The molecule has 0 fully saturated rings. The molecule has 0 spiro atoms. The number of rotatable bonds is 4. The number of fused-ring (bicyclic) bond motifs is 1. The minimum Gasteiger partial charge on any atom is -0.478 e. The van der Waals surface area contributed by atoms with Crippen LogP contribution in [0.2, 0.25) is 0 Å². The molecule has 5 heteroatoms. The smallest absolute Gasteiger partial charge is 0.335 e. The maximum Gasteiger partial charge on any atom is 0.335 e. The Morgan fingerprint density at radius 2 is 2.26 bits per heavy atom. The fraction of sp³-hybridized carbons (Fsp3) is 0.286. The molecule has 0 amide bonds. The van der Waals surface area contributed by atoms with Crippen LogP contribution in [-0.4, -0.2) is 33.9 Å². The summed E-state index contributed by atoms with van der Waals surface area (Å²) in [6.07, 6.45) is 4.68. The highest BCUT2D eigenvalue weighted by molar-refractivity contribution is 5.89. The zero-order valence-corrected chi connectivity index (χ0v) is 10.5. The van der Waals surface area contributed by atoms with Crippen molar-refractivity contribution < 1.29 is 9.90 Å². The second-order valence-corrected chi connectivity index (χ2v) is 4.65. The first-order chi connectivity index (χ1) is 9.24. The number of hydrogen-bond acceptors (Lipinski definition) is 3. The fourth-order valence-corrected chi connectivity index (χ4v) is 2.47. The van der Waals surface area contributed by atoms with Crippen LogP contribution in [-0.2, 0) is 13.0 Å². The van der Waals surface area contributed by atoms with E-state index in [0.29, 0.717) is 5.56 Å². The van der Waals surface area contributed by atoms with Crippen LogP contribution in [0.5, 0.6) is 0 Å². The molecule has 1 aromatic carbocycles. The number of aromatic nitrogens is 2. The monoisotopic (exact) mass is 257 g/mol. The number of carboxylic acid groups (broad SMARTS) is 1. The van der Waals surface area contributed by atoms with E-state index < -0.39 is 5.97 Å². The van der Waals surface area contributed by atoms with Crippen LogP contribution in [0.1, 0.15) is 15.9 Å². The van der Waals surface area contributed by atoms with Gasteiger partial charge in [-0.2, -0.15) is 5.10 Å². The number of hydrogen-bond donors (Lipinski definition) is 1. The van der Waals surface area contributed by atoms with E-state index in [4.69, 9.17) is 5.11 Å². The summed E-state index contributed by atoms with van der Waals surface area (Å²) in [7, 11) is 0. The Kier molecular flexibility index (Phi) is 2.95. The highest BCUT2D eigenvalue weighted by Crippen LogP contribution is 2.28. The van der Waals surface area contributed by atoms with Gasteiger partial charge in [0.15, 0.2) is 0 Å². The number of carboxylic acids is 1. The average Bonchev–Trinajstić information content (AvgIpc) is 3.05. The summed E-state index contributed by atoms with van der Waals surface area (Å²) in [5.41, 5.74) is 2.63. The van der Waals surface area contributed by atoms with E-state index in [-0.39, 0.29) is 0 Å². The summed E-state index contributed by atoms with van der Waals surface area (Å²) in [4.78, 5) is 13.2. The van der Waals surface area contributed by atoms with Crippen molar-refractivity contribution in [1.29, 1.82) is 0 Å². The Balaban J connectivity index is 1.76. The maximum atomic E-state index is 11.0. The van der Waals surface area contributed by atoms with Crippen molar-refractivity contribution in [3.63, 3.8) is 0 Å². The average molecular weight is 257 g/mol. The van der Waals surface area contributed by atoms with Gasteiger partial charge in [-0.3, -0.25) is 4.68 Å². The molecule has 0 saturated heterocycles. The summed E-state index contributed by atoms with van der Waals surface area (Å²) < 4.78 is 1.89. The molecule has 0 aliphatic carbocycles. The van der Waals surface area contributed by atoms with Crippen molar-refractivity contribution in [2.75, 3.05) is 18.0 Å². The van der Waals surface area contributed by atoms with Gasteiger partial charge in [-0.1, -0.05) is 6.07 Å². The largest absolute Gasteiger partial charge is 0.478 e. The Morgan fingerprint density at radius 3 is 3.00 bits per heavy atom. The molecule has 98 valence electrons. The van der Waals surface area contributed by atoms with E-state index in [1.807, 2.05) is 23.0 Å². The highest BCUT2D eigenvalue weighted by atomic mass is 16.4. The first kappa shape index (κ1) is 11.8. The quantitative estimate of drug-likeness (QED) is 0.904.